The van der Waals surface area contributed by atoms with E-state index in [0.29, 0.717) is 0 Å². The third-order valence-corrected chi connectivity index (χ3v) is 3.55. The number of nitrogens with zero attached hydrogens (tertiary/aromatic N) is 2. The van der Waals surface area contributed by atoms with Crippen LogP contribution in [-0.4, -0.2) is 15.5 Å². The molecule has 0 aliphatic heterocycles. The summed E-state index contributed by atoms with van der Waals surface area (Å²) >= 11 is 0. The van der Waals surface area contributed by atoms with Crippen molar-refractivity contribution in [1.82, 2.24) is 14.9 Å². The minimum atomic E-state index is -0.344. The van der Waals surface area contributed by atoms with Crippen molar-refractivity contribution >= 4 is 5.91 Å². The van der Waals surface area contributed by atoms with Gasteiger partial charge in [0.05, 0.1) is 0 Å². The van der Waals surface area contributed by atoms with E-state index in [-0.39, 0.29) is 23.7 Å². The summed E-state index contributed by atoms with van der Waals surface area (Å²) in [4.78, 5) is 16.3. The molecule has 0 bridgehead atoms. The molecule has 1 heterocycles. The van der Waals surface area contributed by atoms with Crippen LogP contribution < -0.4 is 5.32 Å². The van der Waals surface area contributed by atoms with Crippen LogP contribution in [0.25, 0.3) is 0 Å². The average Bonchev–Trinajstić information content (AvgIpc) is 3.20. The second-order valence-electron chi connectivity index (χ2n) is 5.16. The summed E-state index contributed by atoms with van der Waals surface area (Å²) in [6.07, 6.45) is 5.41. The van der Waals surface area contributed by atoms with Gasteiger partial charge in [-0.2, -0.15) is 0 Å². The maximum absolute atomic E-state index is 13.1. The van der Waals surface area contributed by atoms with Crippen molar-refractivity contribution in [1.29, 1.82) is 0 Å². The van der Waals surface area contributed by atoms with Crippen molar-refractivity contribution in [3.63, 3.8) is 0 Å². The summed E-state index contributed by atoms with van der Waals surface area (Å²) in [6, 6.07) is 5.82. The monoisotopic (exact) mass is 273 g/mol. The predicted molar refractivity (Wildman–Crippen MR) is 72.3 cm³/mol. The molecule has 0 saturated heterocycles. The van der Waals surface area contributed by atoms with Gasteiger partial charge in [0.25, 0.3) is 0 Å². The number of carbonyl (C=O) groups is 1. The van der Waals surface area contributed by atoms with E-state index < -0.39 is 0 Å². The first-order valence-electron chi connectivity index (χ1n) is 6.68. The van der Waals surface area contributed by atoms with E-state index in [1.165, 1.54) is 12.1 Å². The molecule has 1 aliphatic carbocycles. The Bertz CT molecular complexity index is 616. The Morgan fingerprint density at radius 2 is 2.10 bits per heavy atom. The molecular weight excluding hydrogens is 257 g/mol. The smallest absolute Gasteiger partial charge is 0.223 e. The normalized spacial score (nSPS) is 15.9. The Labute approximate surface area is 116 Å². The lowest BCUT2D eigenvalue weighted by atomic mass is 10.1. The zero-order valence-electron chi connectivity index (χ0n) is 11.2. The van der Waals surface area contributed by atoms with Gasteiger partial charge >= 0.3 is 0 Å². The largest absolute Gasteiger partial charge is 0.342 e. The number of imidazole rings is 1. The molecule has 104 valence electrons. The fraction of sp³-hybridized carbons (Fsp3) is 0.333. The number of rotatable bonds is 4. The van der Waals surface area contributed by atoms with Gasteiger partial charge in [0, 0.05) is 25.4 Å². The number of nitrogens with one attached hydrogen (secondary N) is 1. The van der Waals surface area contributed by atoms with Crippen LogP contribution in [-0.2, 0) is 11.8 Å². The zero-order chi connectivity index (χ0) is 14.1. The van der Waals surface area contributed by atoms with E-state index >= 15 is 0 Å². The number of hydrogen-bond acceptors (Lipinski definition) is 2. The van der Waals surface area contributed by atoms with Gasteiger partial charge in [0.15, 0.2) is 0 Å². The van der Waals surface area contributed by atoms with Gasteiger partial charge in [0.1, 0.15) is 17.7 Å². The molecule has 1 aromatic carbocycles. The summed E-state index contributed by atoms with van der Waals surface area (Å²) in [6.45, 7) is 0. The van der Waals surface area contributed by atoms with E-state index in [9.17, 15) is 9.18 Å². The Kier molecular flexibility index (Phi) is 3.26. The predicted octanol–water partition coefficient (Wildman–Crippen LogP) is 2.17. The Hall–Kier alpha value is -2.17. The number of aromatic nitrogens is 2. The molecule has 1 N–H and O–H groups in total. The average molecular weight is 273 g/mol. The fourth-order valence-electron chi connectivity index (χ4n) is 2.21. The highest BCUT2D eigenvalue weighted by Gasteiger charge is 2.32. The van der Waals surface area contributed by atoms with Crippen LogP contribution in [0.4, 0.5) is 4.39 Å². The van der Waals surface area contributed by atoms with Crippen molar-refractivity contribution in [2.24, 2.45) is 13.0 Å². The Balaban J connectivity index is 1.92. The van der Waals surface area contributed by atoms with Gasteiger partial charge in [-0.15, -0.1) is 0 Å². The molecule has 1 saturated carbocycles. The lowest BCUT2D eigenvalue weighted by Crippen LogP contribution is -2.32. The van der Waals surface area contributed by atoms with Gasteiger partial charge in [-0.1, -0.05) is 12.1 Å². The van der Waals surface area contributed by atoms with Crippen LogP contribution in [0.3, 0.4) is 0 Å². The first-order valence-corrected chi connectivity index (χ1v) is 6.68. The molecule has 20 heavy (non-hydrogen) atoms. The van der Waals surface area contributed by atoms with Crippen LogP contribution in [0.5, 0.6) is 0 Å². The molecule has 1 amide bonds. The summed E-state index contributed by atoms with van der Waals surface area (Å²) in [5.41, 5.74) is 0.828. The molecule has 3 rings (SSSR count). The van der Waals surface area contributed by atoms with Crippen molar-refractivity contribution in [2.75, 3.05) is 0 Å². The highest BCUT2D eigenvalue weighted by molar-refractivity contribution is 5.81. The Morgan fingerprint density at radius 1 is 1.40 bits per heavy atom. The van der Waals surface area contributed by atoms with Crippen molar-refractivity contribution < 1.29 is 9.18 Å². The topological polar surface area (TPSA) is 46.9 Å². The number of halogens is 1. The molecule has 1 unspecified atom stereocenters. The Morgan fingerprint density at radius 3 is 2.65 bits per heavy atom. The van der Waals surface area contributed by atoms with Gasteiger partial charge < -0.3 is 9.88 Å². The van der Waals surface area contributed by atoms with Crippen LogP contribution in [0, 0.1) is 11.7 Å². The lowest BCUT2D eigenvalue weighted by molar-refractivity contribution is -0.122. The number of benzene rings is 1. The molecule has 0 spiro atoms. The lowest BCUT2D eigenvalue weighted by Gasteiger charge is -2.19. The summed E-state index contributed by atoms with van der Waals surface area (Å²) in [5.74, 6) is 0.618. The quantitative estimate of drug-likeness (QED) is 0.928. The maximum atomic E-state index is 13.1. The van der Waals surface area contributed by atoms with Crippen LogP contribution in [0.1, 0.15) is 30.3 Å². The van der Waals surface area contributed by atoms with Crippen molar-refractivity contribution in [3.05, 3.63) is 53.9 Å². The second kappa shape index (κ2) is 5.07. The molecular formula is C15H16FN3O. The maximum Gasteiger partial charge on any atom is 0.223 e. The van der Waals surface area contributed by atoms with Gasteiger partial charge in [-0.05, 0) is 30.5 Å². The standard InChI is InChI=1S/C15H16FN3O/c1-19-9-8-17-14(19)13(18-15(20)11-2-3-11)10-4-6-12(16)7-5-10/h4-9,11,13H,2-3H2,1H3,(H,18,20). The molecule has 2 aromatic rings. The third-order valence-electron chi connectivity index (χ3n) is 3.55. The number of hydrogen-bond donors (Lipinski definition) is 1. The molecule has 1 fully saturated rings. The third kappa shape index (κ3) is 2.57. The van der Waals surface area contributed by atoms with E-state index in [1.54, 1.807) is 18.3 Å². The SMILES string of the molecule is Cn1ccnc1C(NC(=O)C1CC1)c1ccc(F)cc1. The van der Waals surface area contributed by atoms with Crippen LogP contribution in [0.15, 0.2) is 36.7 Å². The number of amides is 1. The minimum Gasteiger partial charge on any atom is -0.342 e. The molecule has 1 aromatic heterocycles. The van der Waals surface area contributed by atoms with Crippen LogP contribution in [0.2, 0.25) is 0 Å². The van der Waals surface area contributed by atoms with Crippen LogP contribution >= 0.6 is 0 Å². The molecule has 5 heteroatoms. The van der Waals surface area contributed by atoms with Gasteiger partial charge in [0.2, 0.25) is 5.91 Å². The highest BCUT2D eigenvalue weighted by atomic mass is 19.1. The minimum absolute atomic E-state index is 0.0438. The van der Waals surface area contributed by atoms with Crippen molar-refractivity contribution in [2.45, 2.75) is 18.9 Å². The van der Waals surface area contributed by atoms with Gasteiger partial charge in [-0.3, -0.25) is 4.79 Å². The van der Waals surface area contributed by atoms with E-state index in [0.717, 1.165) is 24.2 Å². The second-order valence-corrected chi connectivity index (χ2v) is 5.16. The van der Waals surface area contributed by atoms with E-state index in [4.69, 9.17) is 0 Å². The van der Waals surface area contributed by atoms with E-state index in [2.05, 4.69) is 10.3 Å². The number of carbonyl (C=O) groups excluding carboxylic acids is 1. The first-order chi connectivity index (χ1) is 9.65. The molecule has 0 radical (unpaired) electrons. The molecule has 1 aliphatic rings. The fourth-order valence-corrected chi connectivity index (χ4v) is 2.21. The molecule has 4 nitrogen and oxygen atoms in total. The van der Waals surface area contributed by atoms with Crippen molar-refractivity contribution in [3.8, 4) is 0 Å². The highest BCUT2D eigenvalue weighted by Crippen LogP contribution is 2.30. The molecule has 1 atom stereocenters. The summed E-state index contributed by atoms with van der Waals surface area (Å²) in [5, 5.41) is 3.01. The first kappa shape index (κ1) is 12.8. The summed E-state index contributed by atoms with van der Waals surface area (Å²) in [7, 11) is 1.88. The summed E-state index contributed by atoms with van der Waals surface area (Å²) < 4.78 is 14.9. The van der Waals surface area contributed by atoms with Gasteiger partial charge in [-0.25, -0.2) is 9.37 Å². The zero-order valence-corrected chi connectivity index (χ0v) is 11.2. The number of aryl methyl sites for hydroxylation is 1. The van der Waals surface area contributed by atoms with E-state index in [1.807, 2.05) is 17.8 Å².